The Hall–Kier alpha value is -0.130. The lowest BCUT2D eigenvalue weighted by atomic mass is 10.1. The highest BCUT2D eigenvalue weighted by molar-refractivity contribution is 7.84. The molecule has 0 aliphatic carbocycles. The second-order valence-corrected chi connectivity index (χ2v) is 4.42. The normalized spacial score (nSPS) is 13.6. The average molecular weight is 167 g/mol. The fourth-order valence-corrected chi connectivity index (χ4v) is 1.25. The number of hydrogen-bond donors (Lipinski definition) is 1. The minimum absolute atomic E-state index is 0.477. The van der Waals surface area contributed by atoms with Gasteiger partial charge in [-0.25, -0.2) is 0 Å². The van der Waals surface area contributed by atoms with Gasteiger partial charge in [-0.2, -0.15) is 13.1 Å². The Kier molecular flexibility index (Phi) is 2.82. The molecule has 0 bridgehead atoms. The van der Waals surface area contributed by atoms with Crippen LogP contribution in [0.5, 0.6) is 0 Å². The van der Waals surface area contributed by atoms with E-state index in [2.05, 4.69) is 8.91 Å². The van der Waals surface area contributed by atoms with Gasteiger partial charge in [0.25, 0.3) is 0 Å². The van der Waals surface area contributed by atoms with Crippen LogP contribution in [-0.2, 0) is 14.5 Å². The van der Waals surface area contributed by atoms with Gasteiger partial charge in [0.05, 0.1) is 7.11 Å². The second-order valence-electron chi connectivity index (χ2n) is 2.97. The molecule has 0 fully saturated rings. The molecule has 62 valence electrons. The molecule has 5 heteroatoms. The van der Waals surface area contributed by atoms with E-state index in [4.69, 9.17) is 0 Å². The third-order valence-corrected chi connectivity index (χ3v) is 1.95. The number of rotatable bonds is 2. The van der Waals surface area contributed by atoms with Crippen molar-refractivity contribution in [2.75, 3.05) is 7.11 Å². The van der Waals surface area contributed by atoms with Crippen LogP contribution in [0.4, 0.5) is 0 Å². The van der Waals surface area contributed by atoms with Crippen LogP contribution in [0, 0.1) is 0 Å². The summed E-state index contributed by atoms with van der Waals surface area (Å²) in [5, 5.41) is 0. The van der Waals surface area contributed by atoms with Crippen molar-refractivity contribution >= 4 is 10.3 Å². The number of hydrogen-bond acceptors (Lipinski definition) is 3. The standard InChI is InChI=1S/C5H13NO3S/c1-5(2,3)6-10(7,8)9-4/h6H,1-4H3. The van der Waals surface area contributed by atoms with Crippen molar-refractivity contribution in [2.45, 2.75) is 26.3 Å². The fourth-order valence-electron chi connectivity index (χ4n) is 0.417. The second kappa shape index (κ2) is 2.86. The Morgan fingerprint density at radius 3 is 1.80 bits per heavy atom. The molecular weight excluding hydrogens is 154 g/mol. The SMILES string of the molecule is COS(=O)(=O)NC(C)(C)C. The molecule has 0 aromatic heterocycles. The predicted octanol–water partition coefficient (Wildman–Crippen LogP) is 0.266. The van der Waals surface area contributed by atoms with Crippen molar-refractivity contribution in [1.29, 1.82) is 0 Å². The molecule has 0 aromatic carbocycles. The van der Waals surface area contributed by atoms with E-state index >= 15 is 0 Å². The molecule has 0 heterocycles. The molecule has 0 amide bonds. The van der Waals surface area contributed by atoms with E-state index in [0.29, 0.717) is 0 Å². The van der Waals surface area contributed by atoms with Gasteiger partial charge in [0.2, 0.25) is 0 Å². The van der Waals surface area contributed by atoms with Gasteiger partial charge in [-0.05, 0) is 20.8 Å². The van der Waals surface area contributed by atoms with E-state index in [1.807, 2.05) is 0 Å². The highest BCUT2D eigenvalue weighted by atomic mass is 32.2. The zero-order valence-electron chi connectivity index (χ0n) is 6.63. The van der Waals surface area contributed by atoms with E-state index < -0.39 is 15.8 Å². The molecule has 1 N–H and O–H groups in total. The average Bonchev–Trinajstić information content (AvgIpc) is 1.60. The van der Waals surface area contributed by atoms with Gasteiger partial charge in [0, 0.05) is 5.54 Å². The van der Waals surface area contributed by atoms with Gasteiger partial charge in [0.15, 0.2) is 0 Å². The molecule has 0 rings (SSSR count). The molecule has 4 nitrogen and oxygen atoms in total. The first kappa shape index (κ1) is 9.87. The fraction of sp³-hybridized carbons (Fsp3) is 1.00. The summed E-state index contributed by atoms with van der Waals surface area (Å²) in [6.07, 6.45) is 0. The molecule has 0 spiro atoms. The maximum atomic E-state index is 10.7. The lowest BCUT2D eigenvalue weighted by Gasteiger charge is -2.18. The minimum Gasteiger partial charge on any atom is -0.261 e. The van der Waals surface area contributed by atoms with E-state index in [-0.39, 0.29) is 0 Å². The highest BCUT2D eigenvalue weighted by Gasteiger charge is 2.18. The first-order valence-corrected chi connectivity index (χ1v) is 4.27. The van der Waals surface area contributed by atoms with Crippen LogP contribution in [0.2, 0.25) is 0 Å². The zero-order chi connectivity index (χ0) is 8.41. The lowest BCUT2D eigenvalue weighted by molar-refractivity contribution is 0.365. The van der Waals surface area contributed by atoms with Gasteiger partial charge in [0.1, 0.15) is 0 Å². The highest BCUT2D eigenvalue weighted by Crippen LogP contribution is 2.01. The third-order valence-electron chi connectivity index (χ3n) is 0.651. The number of nitrogens with one attached hydrogen (secondary N) is 1. The molecule has 0 radical (unpaired) electrons. The molecule has 0 saturated carbocycles. The van der Waals surface area contributed by atoms with Crippen molar-refractivity contribution in [3.63, 3.8) is 0 Å². The van der Waals surface area contributed by atoms with Crippen LogP contribution in [0.1, 0.15) is 20.8 Å². The summed E-state index contributed by atoms with van der Waals surface area (Å²) >= 11 is 0. The van der Waals surface area contributed by atoms with Crippen LogP contribution in [0.3, 0.4) is 0 Å². The van der Waals surface area contributed by atoms with E-state index in [0.717, 1.165) is 7.11 Å². The largest absolute Gasteiger partial charge is 0.336 e. The van der Waals surface area contributed by atoms with E-state index in [1.165, 1.54) is 0 Å². The third kappa shape index (κ3) is 4.72. The van der Waals surface area contributed by atoms with Crippen molar-refractivity contribution in [3.05, 3.63) is 0 Å². The van der Waals surface area contributed by atoms with Crippen LogP contribution in [0.25, 0.3) is 0 Å². The van der Waals surface area contributed by atoms with Crippen molar-refractivity contribution in [2.24, 2.45) is 0 Å². The molecule has 0 aliphatic heterocycles. The summed E-state index contributed by atoms with van der Waals surface area (Å²) in [6.45, 7) is 5.22. The summed E-state index contributed by atoms with van der Waals surface area (Å²) in [7, 11) is -2.41. The van der Waals surface area contributed by atoms with Crippen molar-refractivity contribution in [3.8, 4) is 0 Å². The summed E-state index contributed by atoms with van der Waals surface area (Å²) in [4.78, 5) is 0. The molecule has 0 aliphatic rings. The van der Waals surface area contributed by atoms with Gasteiger partial charge >= 0.3 is 10.3 Å². The van der Waals surface area contributed by atoms with Gasteiger partial charge in [-0.15, -0.1) is 0 Å². The van der Waals surface area contributed by atoms with Crippen LogP contribution in [0.15, 0.2) is 0 Å². The van der Waals surface area contributed by atoms with Crippen LogP contribution >= 0.6 is 0 Å². The van der Waals surface area contributed by atoms with Crippen LogP contribution < -0.4 is 4.72 Å². The van der Waals surface area contributed by atoms with Gasteiger partial charge in [-0.1, -0.05) is 0 Å². The molecule has 0 atom stereocenters. The topological polar surface area (TPSA) is 55.4 Å². The first-order chi connectivity index (χ1) is 4.27. The minimum atomic E-state index is -3.53. The smallest absolute Gasteiger partial charge is 0.261 e. The summed E-state index contributed by atoms with van der Waals surface area (Å²) in [5.74, 6) is 0. The molecule has 0 unspecified atom stereocenters. The summed E-state index contributed by atoms with van der Waals surface area (Å²) in [6, 6.07) is 0. The molecule has 10 heavy (non-hydrogen) atoms. The summed E-state index contributed by atoms with van der Waals surface area (Å²) in [5.41, 5.74) is -0.477. The monoisotopic (exact) mass is 167 g/mol. The van der Waals surface area contributed by atoms with Crippen molar-refractivity contribution in [1.82, 2.24) is 4.72 Å². The van der Waals surface area contributed by atoms with E-state index in [9.17, 15) is 8.42 Å². The Morgan fingerprint density at radius 1 is 1.30 bits per heavy atom. The van der Waals surface area contributed by atoms with Gasteiger partial charge < -0.3 is 0 Å². The Labute approximate surface area is 61.8 Å². The van der Waals surface area contributed by atoms with Crippen LogP contribution in [-0.4, -0.2) is 21.1 Å². The maximum Gasteiger partial charge on any atom is 0.336 e. The zero-order valence-corrected chi connectivity index (χ0v) is 7.45. The lowest BCUT2D eigenvalue weighted by Crippen LogP contribution is -2.40. The maximum absolute atomic E-state index is 10.7. The predicted molar refractivity (Wildman–Crippen MR) is 38.8 cm³/mol. The Bertz CT molecular complexity index is 189. The van der Waals surface area contributed by atoms with Crippen molar-refractivity contribution < 1.29 is 12.6 Å². The van der Waals surface area contributed by atoms with Gasteiger partial charge in [-0.3, -0.25) is 4.18 Å². The quantitative estimate of drug-likeness (QED) is 0.642. The molecule has 0 aromatic rings. The summed E-state index contributed by atoms with van der Waals surface area (Å²) < 4.78 is 27.8. The Morgan fingerprint density at radius 2 is 1.70 bits per heavy atom. The Balaban J connectivity index is 4.18. The molecule has 0 saturated heterocycles. The first-order valence-electron chi connectivity index (χ1n) is 2.86. The molecular formula is C5H13NO3S. The van der Waals surface area contributed by atoms with E-state index in [1.54, 1.807) is 20.8 Å².